The first-order valence-electron chi connectivity index (χ1n) is 41.3. The number of carbonyl (C=O) groups excluding carboxylic acids is 5. The van der Waals surface area contributed by atoms with E-state index in [2.05, 4.69) is 164 Å². The van der Waals surface area contributed by atoms with E-state index in [9.17, 15) is 0 Å². The van der Waals surface area contributed by atoms with Gasteiger partial charge in [0.2, 0.25) is 14.1 Å². The second-order valence-electron chi connectivity index (χ2n) is 35.0. The van der Waals surface area contributed by atoms with Crippen LogP contribution in [-0.2, 0) is 60.9 Å². The minimum absolute atomic E-state index is 0.00759. The summed E-state index contributed by atoms with van der Waals surface area (Å²) in [5.41, 5.74) is 2.87. The number of halogens is 1. The number of esters is 1. The molecule has 1 saturated carbocycles. The van der Waals surface area contributed by atoms with E-state index in [1.807, 2.05) is 56.9 Å². The summed E-state index contributed by atoms with van der Waals surface area (Å²) in [5, 5.41) is -0.272. The summed E-state index contributed by atoms with van der Waals surface area (Å²) >= 11 is -0.388. The molecule has 2 heterocycles. The molecule has 2 aliphatic heterocycles. The van der Waals surface area contributed by atoms with Crippen molar-refractivity contribution in [3.8, 4) is 0 Å². The second-order valence-corrected chi connectivity index (χ2v) is 60.5. The minimum atomic E-state index is -2.66. The molecule has 0 spiro atoms. The Morgan fingerprint density at radius 2 is 1.32 bits per heavy atom. The fourth-order valence-electron chi connectivity index (χ4n) is 17.1. The third-order valence-electron chi connectivity index (χ3n) is 25.3. The molecule has 2 radical (unpaired) electrons. The SMILES string of the molecule is CCC[CH2][Sn](/[CH]=C/[C@@H](C)C[C@@H](C)C(=O)[C@H](OC)[C@H](O[Si]C(C)(C)C(C)(C)C)/C(C)=C/[C@@H](C)C(=O)C[C@H](OC(=O)[C@@H]1CCCCN1C(=O)C(=O)[C@]1(O[Si](CC)(CC)CC)O[C@H](C[C@H](OC)/C(C)=C/C=C/I)CC[C@H]1C)[C@H](C)C[C@@H]1CC[C@@H](O[Si](C(C)C)(C(C)C)C(C)C)[C@H](OC)C1)([CH2]CCC)[CH2]CCC. The Hall–Kier alpha value is -1.19. The van der Waals surface area contributed by atoms with Gasteiger partial charge in [-0.2, -0.15) is 0 Å². The second kappa shape index (κ2) is 46.1. The Morgan fingerprint density at radius 3 is 1.83 bits per heavy atom. The zero-order valence-corrected chi connectivity index (χ0v) is 79.1. The van der Waals surface area contributed by atoms with E-state index >= 15 is 24.0 Å². The van der Waals surface area contributed by atoms with Gasteiger partial charge in [-0.05, 0) is 121 Å². The van der Waals surface area contributed by atoms with Crippen molar-refractivity contribution in [2.75, 3.05) is 27.9 Å². The topological polar surface area (TPSA) is 162 Å². The number of carbonyl (C=O) groups is 5. The van der Waals surface area contributed by atoms with Crippen LogP contribution in [-0.4, -0.2) is 161 Å². The van der Waals surface area contributed by atoms with E-state index in [0.717, 1.165) is 48.5 Å². The average molecular weight is 1730 g/mol. The molecule has 0 N–H and O–H groups in total. The monoisotopic (exact) mass is 1730 g/mol. The molecule has 104 heavy (non-hydrogen) atoms. The summed E-state index contributed by atoms with van der Waals surface area (Å²) < 4.78 is 63.2. The van der Waals surface area contributed by atoms with Gasteiger partial charge in [0, 0.05) is 39.5 Å². The molecule has 15 atom stereocenters. The van der Waals surface area contributed by atoms with Crippen molar-refractivity contribution in [2.24, 2.45) is 40.9 Å². The molecule has 3 fully saturated rings. The fraction of sp³-hybridized carbons (Fsp3) is 0.847. The van der Waals surface area contributed by atoms with Gasteiger partial charge in [-0.1, -0.05) is 132 Å². The van der Waals surface area contributed by atoms with E-state index in [0.29, 0.717) is 61.6 Å². The van der Waals surface area contributed by atoms with Gasteiger partial charge in [-0.15, -0.1) is 0 Å². The average Bonchev–Trinajstić information content (AvgIpc) is 0.755. The molecule has 3 rings (SSSR count). The molecule has 3 aliphatic rings. The number of hydrogen-bond donors (Lipinski definition) is 0. The van der Waals surface area contributed by atoms with Crippen LogP contribution in [0.4, 0.5) is 0 Å². The van der Waals surface area contributed by atoms with Gasteiger partial charge < -0.3 is 32.7 Å². The van der Waals surface area contributed by atoms with Crippen molar-refractivity contribution in [3.05, 3.63) is 43.6 Å². The van der Waals surface area contributed by atoms with Crippen molar-refractivity contribution in [1.82, 2.24) is 4.90 Å². The van der Waals surface area contributed by atoms with Crippen LogP contribution in [0.3, 0.4) is 0 Å². The van der Waals surface area contributed by atoms with Gasteiger partial charge in [0.1, 0.15) is 12.1 Å². The number of unbranched alkanes of at least 4 members (excludes halogenated alkanes) is 3. The molecular weight excluding hydrogens is 1570 g/mol. The maximum atomic E-state index is 15.8. The standard InChI is InChI=1S/C73H127INO13Si3.3C4H9.Sn/c1-26-50(11)41-54(15)65(77)67(83-25)66(86-89-72(21,22)71(18,19)20)55(16)42-52(13)60(76)46-63(53(14)43-57-36-38-61(64(44-57)82-24)87-91(47(5)6,48(7)8)49(9)10)84-70(80)59-34-30-31-40-75(59)69(79)68(78)73(88-90(27-2,28-3)29-4)56(17)35-37-58(85-73)45-62(81-23)51(12)33-32-39-74;3*1-3-4-2;/h1,26,32-33,39,42,47-50,52-54,56-59,61-64,66-67H,27-31,34-38,40-41,43-46H2,2-25H3;3*1,3-4H2,2H3;/b26-1?,39-32+,51-33+,55-42+;;;;/t50-,52-,53-,54-,56-,57+,58+,59+,61-,62+,63+,64-,66-,67+,73+;;;;/m1..../s1. The summed E-state index contributed by atoms with van der Waals surface area (Å²) in [6, 6.07) is 1.10. The quantitative estimate of drug-likeness (QED) is 0.0141. The zero-order valence-electron chi connectivity index (χ0n) is 71.1. The number of hydrogen-bond acceptors (Lipinski definition) is 13. The van der Waals surface area contributed by atoms with Crippen LogP contribution in [0.1, 0.15) is 282 Å². The van der Waals surface area contributed by atoms with Crippen molar-refractivity contribution in [3.63, 3.8) is 0 Å². The zero-order chi connectivity index (χ0) is 78.7. The predicted octanol–water partition coefficient (Wildman–Crippen LogP) is 22.1. The number of ether oxygens (including phenoxy) is 5. The van der Waals surface area contributed by atoms with E-state index in [1.165, 1.54) is 56.7 Å². The number of likely N-dealkylation sites (tertiary alicyclic amines) is 1. The maximum absolute atomic E-state index is 15.8. The fourth-order valence-corrected chi connectivity index (χ4v) is 41.6. The Balaban J connectivity index is 2.19. The summed E-state index contributed by atoms with van der Waals surface area (Å²) in [6.07, 6.45) is 19.4. The molecule has 0 aromatic carbocycles. The summed E-state index contributed by atoms with van der Waals surface area (Å²) in [5.74, 6) is -5.60. The Morgan fingerprint density at radius 1 is 0.731 bits per heavy atom. The van der Waals surface area contributed by atoms with Gasteiger partial charge >= 0.3 is 250 Å². The van der Waals surface area contributed by atoms with E-state index in [-0.39, 0.29) is 93.2 Å². The molecule has 2 saturated heterocycles. The summed E-state index contributed by atoms with van der Waals surface area (Å²) in [7, 11) is 0.173. The van der Waals surface area contributed by atoms with E-state index in [1.54, 1.807) is 21.3 Å². The molecule has 19 heteroatoms. The van der Waals surface area contributed by atoms with E-state index < -0.39 is 101 Å². The van der Waals surface area contributed by atoms with Crippen molar-refractivity contribution >= 4 is 96.6 Å². The molecule has 1 aliphatic carbocycles. The van der Waals surface area contributed by atoms with E-state index in [4.69, 9.17) is 37.0 Å². The Kier molecular flexibility index (Phi) is 43.0. The number of methoxy groups -OCH3 is 3. The Labute approximate surface area is 659 Å². The number of piperidine rings is 1. The molecule has 14 nitrogen and oxygen atoms in total. The molecule has 600 valence electrons. The van der Waals surface area contributed by atoms with Crippen molar-refractivity contribution in [2.45, 2.75) is 389 Å². The molecule has 1 amide bonds. The number of allylic oxidation sites excluding steroid dienone is 4. The van der Waals surface area contributed by atoms with Gasteiger partial charge in [-0.25, -0.2) is 4.79 Å². The first-order chi connectivity index (χ1) is 48.8. The molecule has 0 unspecified atom stereocenters. The van der Waals surface area contributed by atoms with Crippen LogP contribution >= 0.6 is 22.6 Å². The molecular formula is C85H154INO13Si3Sn. The van der Waals surface area contributed by atoms with Gasteiger partial charge in [0.15, 0.2) is 8.32 Å². The van der Waals surface area contributed by atoms with Gasteiger partial charge in [0.05, 0.1) is 24.4 Å². The molecule has 0 aromatic heterocycles. The summed E-state index contributed by atoms with van der Waals surface area (Å²) in [6.45, 7) is 52.6. The number of Topliss-reactive ketones (excluding diaryl/α,β-unsaturated/α-hetero) is 3. The van der Waals surface area contributed by atoms with Crippen LogP contribution in [0.25, 0.3) is 0 Å². The van der Waals surface area contributed by atoms with Gasteiger partial charge in [0.25, 0.3) is 11.7 Å². The third kappa shape index (κ3) is 27.0. The van der Waals surface area contributed by atoms with Crippen molar-refractivity contribution in [1.29, 1.82) is 0 Å². The first-order valence-corrected chi connectivity index (χ1v) is 55.9. The van der Waals surface area contributed by atoms with Crippen molar-refractivity contribution < 1.29 is 60.9 Å². The third-order valence-corrected chi connectivity index (χ3v) is 52.2. The number of rotatable bonds is 48. The van der Waals surface area contributed by atoms with Crippen LogP contribution in [0.15, 0.2) is 43.6 Å². The predicted molar refractivity (Wildman–Crippen MR) is 448 cm³/mol. The molecule has 0 aromatic rings. The molecule has 0 bridgehead atoms. The van der Waals surface area contributed by atoms with Crippen LogP contribution in [0.2, 0.25) is 53.1 Å². The number of nitrogens with zero attached hydrogens (tertiary/aromatic N) is 1. The van der Waals surface area contributed by atoms with Crippen LogP contribution < -0.4 is 0 Å². The van der Waals surface area contributed by atoms with Gasteiger partial charge in [-0.3, -0.25) is 14.4 Å². The Bertz CT molecular complexity index is 2670. The van der Waals surface area contributed by atoms with Crippen LogP contribution in [0, 0.1) is 40.9 Å². The van der Waals surface area contributed by atoms with Crippen LogP contribution in [0.5, 0.6) is 0 Å². The number of ketones is 3. The normalized spacial score (nSPS) is 24.1. The number of amides is 1. The first kappa shape index (κ1) is 97.0. The summed E-state index contributed by atoms with van der Waals surface area (Å²) in [4.78, 5) is 78.8.